The Hall–Kier alpha value is -0.610. The average Bonchev–Trinajstić information content (AvgIpc) is 2.51. The number of hydrogen-bond acceptors (Lipinski definition) is 3. The number of rotatable bonds is 7. The molecule has 0 saturated carbocycles. The zero-order valence-electron chi connectivity index (χ0n) is 12.1. The predicted molar refractivity (Wildman–Crippen MR) is 73.6 cm³/mol. The molecule has 106 valence electrons. The van der Waals surface area contributed by atoms with Crippen LogP contribution in [0.2, 0.25) is 0 Å². The first-order valence-electron chi connectivity index (χ1n) is 7.17. The van der Waals surface area contributed by atoms with Crippen LogP contribution in [0.3, 0.4) is 0 Å². The highest BCUT2D eigenvalue weighted by Crippen LogP contribution is 2.17. The minimum absolute atomic E-state index is 0.257. The van der Waals surface area contributed by atoms with Crippen molar-refractivity contribution in [2.45, 2.75) is 45.6 Å². The van der Waals surface area contributed by atoms with E-state index in [4.69, 9.17) is 4.74 Å². The summed E-state index contributed by atoms with van der Waals surface area (Å²) in [5, 5.41) is 3.45. The van der Waals surface area contributed by atoms with Crippen molar-refractivity contribution >= 4 is 5.91 Å². The van der Waals surface area contributed by atoms with Crippen molar-refractivity contribution in [3.8, 4) is 0 Å². The van der Waals surface area contributed by atoms with Crippen LogP contribution >= 0.6 is 0 Å². The predicted octanol–water partition coefficient (Wildman–Crippen LogP) is 1.65. The SMILES string of the molecule is CCCNC(COC)CN1CCC(C)CCC1=O. The largest absolute Gasteiger partial charge is 0.383 e. The fourth-order valence-electron chi connectivity index (χ4n) is 2.36. The normalized spacial score (nSPS) is 22.9. The number of carbonyl (C=O) groups excluding carboxylic acids is 1. The molecule has 0 bridgehead atoms. The maximum Gasteiger partial charge on any atom is 0.222 e. The number of methoxy groups -OCH3 is 1. The number of carbonyl (C=O) groups is 1. The Balaban J connectivity index is 2.46. The molecule has 4 heteroatoms. The number of nitrogens with one attached hydrogen (secondary N) is 1. The Morgan fingerprint density at radius 2 is 2.28 bits per heavy atom. The van der Waals surface area contributed by atoms with Crippen molar-refractivity contribution in [3.05, 3.63) is 0 Å². The molecule has 2 unspecified atom stereocenters. The van der Waals surface area contributed by atoms with Crippen LogP contribution in [0.15, 0.2) is 0 Å². The highest BCUT2D eigenvalue weighted by Gasteiger charge is 2.22. The van der Waals surface area contributed by atoms with Crippen LogP contribution in [0.5, 0.6) is 0 Å². The second-order valence-electron chi connectivity index (χ2n) is 5.38. The monoisotopic (exact) mass is 256 g/mol. The van der Waals surface area contributed by atoms with Gasteiger partial charge in [-0.25, -0.2) is 0 Å². The van der Waals surface area contributed by atoms with Gasteiger partial charge in [-0.3, -0.25) is 4.79 Å². The highest BCUT2D eigenvalue weighted by molar-refractivity contribution is 5.76. The van der Waals surface area contributed by atoms with E-state index in [-0.39, 0.29) is 6.04 Å². The number of hydrogen-bond donors (Lipinski definition) is 1. The van der Waals surface area contributed by atoms with E-state index in [1.807, 2.05) is 4.90 Å². The van der Waals surface area contributed by atoms with Gasteiger partial charge in [-0.05, 0) is 31.7 Å². The van der Waals surface area contributed by atoms with Gasteiger partial charge >= 0.3 is 0 Å². The third-order valence-corrected chi connectivity index (χ3v) is 3.59. The van der Waals surface area contributed by atoms with E-state index in [9.17, 15) is 4.79 Å². The Morgan fingerprint density at radius 3 is 2.94 bits per heavy atom. The molecule has 1 rings (SSSR count). The van der Waals surface area contributed by atoms with Crippen molar-refractivity contribution in [2.75, 3.05) is 33.4 Å². The van der Waals surface area contributed by atoms with Gasteiger partial charge in [0.2, 0.25) is 5.91 Å². The van der Waals surface area contributed by atoms with Gasteiger partial charge in [0, 0.05) is 32.7 Å². The van der Waals surface area contributed by atoms with E-state index < -0.39 is 0 Å². The molecule has 0 spiro atoms. The number of amides is 1. The van der Waals surface area contributed by atoms with Gasteiger partial charge in [0.15, 0.2) is 0 Å². The topological polar surface area (TPSA) is 41.6 Å². The summed E-state index contributed by atoms with van der Waals surface area (Å²) in [5.41, 5.74) is 0. The summed E-state index contributed by atoms with van der Waals surface area (Å²) >= 11 is 0. The van der Waals surface area contributed by atoms with Crippen molar-refractivity contribution in [1.82, 2.24) is 10.2 Å². The van der Waals surface area contributed by atoms with Crippen LogP contribution < -0.4 is 5.32 Å². The molecule has 0 aliphatic carbocycles. The Kier molecular flexibility index (Phi) is 7.28. The molecule has 0 aromatic heterocycles. The van der Waals surface area contributed by atoms with Crippen molar-refractivity contribution in [1.29, 1.82) is 0 Å². The van der Waals surface area contributed by atoms with E-state index in [0.29, 0.717) is 24.9 Å². The summed E-state index contributed by atoms with van der Waals surface area (Å²) in [7, 11) is 1.72. The number of nitrogens with zero attached hydrogens (tertiary/aromatic N) is 1. The van der Waals surface area contributed by atoms with Gasteiger partial charge in [0.1, 0.15) is 0 Å². The van der Waals surface area contributed by atoms with Crippen molar-refractivity contribution < 1.29 is 9.53 Å². The summed E-state index contributed by atoms with van der Waals surface area (Å²) in [6, 6.07) is 0.257. The number of ether oxygens (including phenoxy) is 1. The second kappa shape index (κ2) is 8.48. The van der Waals surface area contributed by atoms with E-state index >= 15 is 0 Å². The minimum Gasteiger partial charge on any atom is -0.383 e. The van der Waals surface area contributed by atoms with Crippen LogP contribution in [0.4, 0.5) is 0 Å². The Bertz CT molecular complexity index is 246. The summed E-state index contributed by atoms with van der Waals surface area (Å²) in [6.45, 7) is 7.70. The molecule has 2 atom stereocenters. The second-order valence-corrected chi connectivity index (χ2v) is 5.38. The smallest absolute Gasteiger partial charge is 0.222 e. The molecular formula is C14H28N2O2. The lowest BCUT2D eigenvalue weighted by atomic mass is 10.0. The van der Waals surface area contributed by atoms with Gasteiger partial charge in [0.05, 0.1) is 6.61 Å². The molecule has 18 heavy (non-hydrogen) atoms. The van der Waals surface area contributed by atoms with Crippen LogP contribution in [0.1, 0.15) is 39.5 Å². The molecular weight excluding hydrogens is 228 g/mol. The molecule has 1 saturated heterocycles. The van der Waals surface area contributed by atoms with Gasteiger partial charge in [-0.2, -0.15) is 0 Å². The maximum atomic E-state index is 12.0. The third kappa shape index (κ3) is 5.36. The Morgan fingerprint density at radius 1 is 1.50 bits per heavy atom. The zero-order valence-corrected chi connectivity index (χ0v) is 12.1. The minimum atomic E-state index is 0.257. The van der Waals surface area contributed by atoms with Crippen LogP contribution in [0, 0.1) is 5.92 Å². The fourth-order valence-corrected chi connectivity index (χ4v) is 2.36. The standard InChI is InChI=1S/C14H28N2O2/c1-4-8-15-13(11-18-3)10-16-9-7-12(2)5-6-14(16)17/h12-13,15H,4-11H2,1-3H3. The first-order valence-corrected chi connectivity index (χ1v) is 7.17. The van der Waals surface area contributed by atoms with Gasteiger partial charge in [-0.15, -0.1) is 0 Å². The number of likely N-dealkylation sites (tertiary alicyclic amines) is 1. The van der Waals surface area contributed by atoms with Gasteiger partial charge < -0.3 is 15.0 Å². The van der Waals surface area contributed by atoms with E-state index in [2.05, 4.69) is 19.2 Å². The molecule has 1 aliphatic heterocycles. The summed E-state index contributed by atoms with van der Waals surface area (Å²) in [6.07, 6.45) is 3.96. The van der Waals surface area contributed by atoms with Gasteiger partial charge in [0.25, 0.3) is 0 Å². The Labute approximate surface area is 111 Å². The van der Waals surface area contributed by atoms with Crippen molar-refractivity contribution in [2.24, 2.45) is 5.92 Å². The van der Waals surface area contributed by atoms with Crippen molar-refractivity contribution in [3.63, 3.8) is 0 Å². The van der Waals surface area contributed by atoms with Crippen LogP contribution in [0.25, 0.3) is 0 Å². The summed E-state index contributed by atoms with van der Waals surface area (Å²) < 4.78 is 5.23. The van der Waals surface area contributed by atoms with E-state index in [1.54, 1.807) is 7.11 Å². The highest BCUT2D eigenvalue weighted by atomic mass is 16.5. The quantitative estimate of drug-likeness (QED) is 0.753. The molecule has 1 amide bonds. The van der Waals surface area contributed by atoms with Crippen LogP contribution in [-0.2, 0) is 9.53 Å². The third-order valence-electron chi connectivity index (χ3n) is 3.59. The molecule has 4 nitrogen and oxygen atoms in total. The lowest BCUT2D eigenvalue weighted by Gasteiger charge is -2.27. The maximum absolute atomic E-state index is 12.0. The zero-order chi connectivity index (χ0) is 13.4. The van der Waals surface area contributed by atoms with E-state index in [1.165, 1.54) is 0 Å². The molecule has 1 fully saturated rings. The molecule has 1 aliphatic rings. The first-order chi connectivity index (χ1) is 8.67. The molecule has 1 heterocycles. The molecule has 1 N–H and O–H groups in total. The lowest BCUT2D eigenvalue weighted by Crippen LogP contribution is -2.46. The summed E-state index contributed by atoms with van der Waals surface area (Å²) in [4.78, 5) is 14.0. The van der Waals surface area contributed by atoms with E-state index in [0.717, 1.165) is 38.9 Å². The molecule has 0 aromatic rings. The molecule has 0 aromatic carbocycles. The summed E-state index contributed by atoms with van der Waals surface area (Å²) in [5.74, 6) is 0.974. The van der Waals surface area contributed by atoms with Gasteiger partial charge in [-0.1, -0.05) is 13.8 Å². The first kappa shape index (κ1) is 15.4. The lowest BCUT2D eigenvalue weighted by molar-refractivity contribution is -0.131. The molecule has 0 radical (unpaired) electrons. The van der Waals surface area contributed by atoms with Crippen LogP contribution in [-0.4, -0.2) is 50.2 Å². The fraction of sp³-hybridized carbons (Fsp3) is 0.929. The average molecular weight is 256 g/mol.